The van der Waals surface area contributed by atoms with E-state index < -0.39 is 60.6 Å². The van der Waals surface area contributed by atoms with E-state index in [-0.39, 0.29) is 6.61 Å². The Labute approximate surface area is 250 Å². The van der Waals surface area contributed by atoms with Gasteiger partial charge in [-0.15, -0.1) is 0 Å². The van der Waals surface area contributed by atoms with Gasteiger partial charge in [-0.05, 0) is 36.2 Å². The van der Waals surface area contributed by atoms with Crippen LogP contribution in [0.4, 0.5) is 0 Å². The molecule has 6 unspecified atom stereocenters. The fourth-order valence-corrected chi connectivity index (χ4v) is 5.46. The van der Waals surface area contributed by atoms with Crippen LogP contribution in [-0.4, -0.2) is 64.6 Å². The van der Waals surface area contributed by atoms with Crippen molar-refractivity contribution < 1.29 is 48.0 Å². The minimum atomic E-state index is -1.32. The summed E-state index contributed by atoms with van der Waals surface area (Å²) in [7, 11) is 0. The summed E-state index contributed by atoms with van der Waals surface area (Å²) in [5, 5.41) is 12.2. The zero-order valence-electron chi connectivity index (χ0n) is 23.7. The second kappa shape index (κ2) is 13.1. The van der Waals surface area contributed by atoms with Crippen LogP contribution in [0.3, 0.4) is 0 Å². The smallest absolute Gasteiger partial charge is 0.303 e. The van der Waals surface area contributed by atoms with Crippen molar-refractivity contribution in [1.29, 1.82) is 0 Å². The quantitative estimate of drug-likeness (QED) is 0.282. The molecule has 2 aromatic carbocycles. The first kappa shape index (κ1) is 31.2. The van der Waals surface area contributed by atoms with E-state index in [0.29, 0.717) is 16.6 Å². The highest BCUT2D eigenvalue weighted by atomic mass is 79.9. The molecule has 0 bridgehead atoms. The number of esters is 4. The number of ether oxygens (including phenoxy) is 5. The summed E-state index contributed by atoms with van der Waals surface area (Å²) in [4.78, 5) is 48.4. The van der Waals surface area contributed by atoms with Gasteiger partial charge in [-0.1, -0.05) is 40.2 Å². The molecule has 11 nitrogen and oxygen atoms in total. The lowest BCUT2D eigenvalue weighted by atomic mass is 9.97. The van der Waals surface area contributed by atoms with Gasteiger partial charge >= 0.3 is 23.9 Å². The molecular weight excluding hydrogens is 614 g/mol. The Kier molecular flexibility index (Phi) is 9.70. The van der Waals surface area contributed by atoms with E-state index in [1.807, 2.05) is 37.3 Å². The highest BCUT2D eigenvalue weighted by Crippen LogP contribution is 2.40. The Bertz CT molecular complexity index is 1480. The van der Waals surface area contributed by atoms with E-state index in [0.717, 1.165) is 15.4 Å². The van der Waals surface area contributed by atoms with E-state index in [2.05, 4.69) is 15.9 Å². The van der Waals surface area contributed by atoms with Crippen LogP contribution in [0.2, 0.25) is 0 Å². The maximum absolute atomic E-state index is 12.3. The number of carbonyl (C=O) groups is 4. The fraction of sp³-hybridized carbons (Fsp3) is 0.400. The Morgan fingerprint density at radius 2 is 1.48 bits per heavy atom. The summed E-state index contributed by atoms with van der Waals surface area (Å²) in [6, 6.07) is 12.8. The van der Waals surface area contributed by atoms with Crippen LogP contribution < -0.4 is 0 Å². The number of nitrogens with zero attached hydrogens (tertiary/aromatic N) is 1. The van der Waals surface area contributed by atoms with E-state index in [9.17, 15) is 24.3 Å². The highest BCUT2D eigenvalue weighted by molar-refractivity contribution is 9.10. The molecule has 6 atom stereocenters. The first-order chi connectivity index (χ1) is 19.9. The predicted octanol–water partition coefficient (Wildman–Crippen LogP) is 4.05. The number of carbonyl (C=O) groups excluding carboxylic acids is 4. The molecule has 2 heterocycles. The van der Waals surface area contributed by atoms with Crippen LogP contribution in [0.15, 0.2) is 53.1 Å². The second-order valence-corrected chi connectivity index (χ2v) is 10.9. The highest BCUT2D eigenvalue weighted by Gasteiger charge is 2.53. The molecule has 1 saturated heterocycles. The number of rotatable bonds is 8. The first-order valence-electron chi connectivity index (χ1n) is 13.2. The van der Waals surface area contributed by atoms with Gasteiger partial charge < -0.3 is 33.4 Å². The van der Waals surface area contributed by atoms with Gasteiger partial charge in [-0.2, -0.15) is 0 Å². The summed E-state index contributed by atoms with van der Waals surface area (Å²) >= 11 is 3.41. The molecule has 1 aliphatic rings. The lowest BCUT2D eigenvalue weighted by Crippen LogP contribution is -2.60. The van der Waals surface area contributed by atoms with Crippen molar-refractivity contribution in [2.45, 2.75) is 71.4 Å². The molecule has 224 valence electrons. The van der Waals surface area contributed by atoms with Crippen molar-refractivity contribution >= 4 is 50.7 Å². The molecule has 1 aromatic heterocycles. The standard InChI is InChI=1S/C30H32BrNO10/c1-15-7-6-8-23-25(15)22(26(37)20-9-11-21(31)12-10-20)13-32(23)30-29(41-19(5)36)28(40-18(4)35)27(39-17(3)34)24(42-30)14-38-16(2)33/h6-13,24,26-30,37H,14H2,1-5H3. The van der Waals surface area contributed by atoms with E-state index in [1.165, 1.54) is 27.7 Å². The van der Waals surface area contributed by atoms with Gasteiger partial charge in [0.25, 0.3) is 0 Å². The van der Waals surface area contributed by atoms with Crippen LogP contribution >= 0.6 is 15.9 Å². The number of fused-ring (bicyclic) bond motifs is 1. The maximum Gasteiger partial charge on any atom is 0.303 e. The van der Waals surface area contributed by atoms with Crippen LogP contribution in [0, 0.1) is 6.92 Å². The Balaban J connectivity index is 1.91. The third kappa shape index (κ3) is 6.83. The molecule has 1 N–H and O–H groups in total. The van der Waals surface area contributed by atoms with Crippen molar-refractivity contribution in [3.63, 3.8) is 0 Å². The second-order valence-electron chi connectivity index (χ2n) is 10.0. The normalized spacial score (nSPS) is 22.7. The molecule has 4 rings (SSSR count). The average molecular weight is 646 g/mol. The predicted molar refractivity (Wildman–Crippen MR) is 152 cm³/mol. The van der Waals surface area contributed by atoms with Crippen molar-refractivity contribution in [2.24, 2.45) is 0 Å². The molecule has 12 heteroatoms. The van der Waals surface area contributed by atoms with Crippen LogP contribution in [0.1, 0.15) is 56.7 Å². The molecule has 0 radical (unpaired) electrons. The minimum Gasteiger partial charge on any atom is -0.463 e. The number of aliphatic hydroxyl groups is 1. The van der Waals surface area contributed by atoms with Gasteiger partial charge in [-0.25, -0.2) is 0 Å². The van der Waals surface area contributed by atoms with Gasteiger partial charge in [0, 0.05) is 49.3 Å². The summed E-state index contributed by atoms with van der Waals surface area (Å²) < 4.78 is 30.9. The van der Waals surface area contributed by atoms with Crippen LogP contribution in [0.25, 0.3) is 10.9 Å². The van der Waals surface area contributed by atoms with E-state index >= 15 is 0 Å². The summed E-state index contributed by atoms with van der Waals surface area (Å²) in [5.74, 6) is -2.74. The average Bonchev–Trinajstić information content (AvgIpc) is 3.30. The van der Waals surface area contributed by atoms with E-state index in [4.69, 9.17) is 23.7 Å². The number of aromatic nitrogens is 1. The molecule has 42 heavy (non-hydrogen) atoms. The molecule has 1 aliphatic heterocycles. The van der Waals surface area contributed by atoms with Crippen LogP contribution in [0.5, 0.6) is 0 Å². The SMILES string of the molecule is CC(=O)OCC1OC(n2cc(C(O)c3ccc(Br)cc3)c3c(C)cccc32)C(OC(C)=O)C(OC(C)=O)C1OC(C)=O. The van der Waals surface area contributed by atoms with Gasteiger partial charge in [0.05, 0.1) is 5.52 Å². The molecule has 0 aliphatic carbocycles. The lowest BCUT2D eigenvalue weighted by Gasteiger charge is -2.44. The minimum absolute atomic E-state index is 0.346. The number of hydrogen-bond acceptors (Lipinski definition) is 10. The zero-order chi connectivity index (χ0) is 30.7. The molecule has 0 spiro atoms. The largest absolute Gasteiger partial charge is 0.463 e. The number of hydrogen-bond donors (Lipinski definition) is 1. The number of aliphatic hydroxyl groups excluding tert-OH is 1. The van der Waals surface area contributed by atoms with Gasteiger partial charge in [0.2, 0.25) is 0 Å². The number of aryl methyl sites for hydroxylation is 1. The van der Waals surface area contributed by atoms with Crippen molar-refractivity contribution in [2.75, 3.05) is 6.61 Å². The van der Waals surface area contributed by atoms with Gasteiger partial charge in [-0.3, -0.25) is 19.2 Å². The molecule has 0 saturated carbocycles. The third-order valence-electron chi connectivity index (χ3n) is 6.82. The topological polar surface area (TPSA) is 140 Å². The third-order valence-corrected chi connectivity index (χ3v) is 7.35. The summed E-state index contributed by atoms with van der Waals surface area (Å²) in [6.45, 7) is 6.29. The van der Waals surface area contributed by atoms with Crippen molar-refractivity contribution in [3.05, 3.63) is 69.8 Å². The zero-order valence-corrected chi connectivity index (χ0v) is 25.3. The molecule has 3 aromatic rings. The van der Waals surface area contributed by atoms with E-state index in [1.54, 1.807) is 22.9 Å². The van der Waals surface area contributed by atoms with Crippen molar-refractivity contribution in [3.8, 4) is 0 Å². The Morgan fingerprint density at radius 3 is 2.07 bits per heavy atom. The van der Waals surface area contributed by atoms with Crippen LogP contribution in [-0.2, 0) is 42.9 Å². The van der Waals surface area contributed by atoms with Crippen molar-refractivity contribution in [1.82, 2.24) is 4.57 Å². The molecular formula is C30H32BrNO10. The Morgan fingerprint density at radius 1 is 0.881 bits per heavy atom. The summed E-state index contributed by atoms with van der Waals surface area (Å²) in [6.07, 6.45) is -5.50. The first-order valence-corrected chi connectivity index (χ1v) is 14.0. The summed E-state index contributed by atoms with van der Waals surface area (Å²) in [5.41, 5.74) is 2.69. The lowest BCUT2D eigenvalue weighted by molar-refractivity contribution is -0.267. The monoisotopic (exact) mass is 645 g/mol. The molecule has 0 amide bonds. The number of halogens is 1. The number of benzene rings is 2. The molecule has 1 fully saturated rings. The van der Waals surface area contributed by atoms with Gasteiger partial charge in [0.15, 0.2) is 24.5 Å². The fourth-order valence-electron chi connectivity index (χ4n) is 5.20. The Hall–Kier alpha value is -3.74. The van der Waals surface area contributed by atoms with Gasteiger partial charge in [0.1, 0.15) is 18.8 Å². The maximum atomic E-state index is 12.3.